The van der Waals surface area contributed by atoms with Gasteiger partial charge in [-0.2, -0.15) is 0 Å². The minimum absolute atomic E-state index is 0.0601. The van der Waals surface area contributed by atoms with E-state index in [4.69, 9.17) is 74.3 Å². The summed E-state index contributed by atoms with van der Waals surface area (Å²) in [5.41, 5.74) is 0.265. The first-order valence-corrected chi connectivity index (χ1v) is 9.78. The van der Waals surface area contributed by atoms with Crippen LogP contribution in [0, 0.1) is 5.82 Å². The van der Waals surface area contributed by atoms with Crippen molar-refractivity contribution in [3.63, 3.8) is 0 Å². The summed E-state index contributed by atoms with van der Waals surface area (Å²) in [6.45, 7) is 1.79. The number of alkyl halides is 6. The third-order valence-electron chi connectivity index (χ3n) is 3.09. The molecule has 0 aliphatic heterocycles. The molecular formula is C15H11Cl6FN4O2. The maximum Gasteiger partial charge on any atom is 0.325 e. The molecule has 0 aliphatic carbocycles. The van der Waals surface area contributed by atoms with E-state index in [1.54, 1.807) is 6.92 Å². The van der Waals surface area contributed by atoms with Gasteiger partial charge in [-0.25, -0.2) is 19.3 Å². The lowest BCUT2D eigenvalue weighted by Gasteiger charge is -2.16. The number of nitrogens with zero attached hydrogens (tertiary/aromatic N) is 3. The lowest BCUT2D eigenvalue weighted by Crippen LogP contribution is -2.17. The normalized spacial score (nSPS) is 12.0. The zero-order valence-electron chi connectivity index (χ0n) is 14.0. The van der Waals surface area contributed by atoms with Crippen LogP contribution in [0.25, 0.3) is 11.4 Å². The Balaban J connectivity index is 2.40. The first-order chi connectivity index (χ1) is 12.9. The molecule has 0 fully saturated rings. The highest BCUT2D eigenvalue weighted by atomic mass is 35.6. The largest absolute Gasteiger partial charge is 0.465 e. The van der Waals surface area contributed by atoms with E-state index in [1.165, 1.54) is 12.1 Å². The summed E-state index contributed by atoms with van der Waals surface area (Å²) < 4.78 is 15.3. The number of nitrogens with one attached hydrogen (secondary N) is 1. The Labute approximate surface area is 189 Å². The number of halogens is 7. The fraction of sp³-hybridized carbons (Fsp3) is 0.333. The monoisotopic (exact) mass is 508 g/mol. The first-order valence-electron chi connectivity index (χ1n) is 7.51. The number of rotatable bonds is 5. The Morgan fingerprint density at radius 2 is 1.64 bits per heavy atom. The number of esters is 1. The zero-order chi connectivity index (χ0) is 21.1. The molecule has 1 N–H and O–H groups in total. The van der Waals surface area contributed by atoms with Crippen LogP contribution < -0.4 is 5.32 Å². The molecule has 28 heavy (non-hydrogen) atoms. The molecule has 1 aromatic carbocycles. The third kappa shape index (κ3) is 6.34. The molecule has 0 radical (unpaired) electrons. The van der Waals surface area contributed by atoms with Gasteiger partial charge in [0, 0.05) is 5.69 Å². The smallest absolute Gasteiger partial charge is 0.325 e. The summed E-state index contributed by atoms with van der Waals surface area (Å²) in [6.07, 6.45) is 0. The first kappa shape index (κ1) is 23.4. The van der Waals surface area contributed by atoms with Crippen molar-refractivity contribution in [2.45, 2.75) is 14.5 Å². The van der Waals surface area contributed by atoms with Gasteiger partial charge in [0.1, 0.15) is 12.4 Å². The van der Waals surface area contributed by atoms with E-state index in [0.29, 0.717) is 5.69 Å². The zero-order valence-corrected chi connectivity index (χ0v) is 18.5. The minimum Gasteiger partial charge on any atom is -0.465 e. The number of aromatic nitrogens is 3. The van der Waals surface area contributed by atoms with Crippen molar-refractivity contribution < 1.29 is 13.9 Å². The fourth-order valence-corrected chi connectivity index (χ4v) is 2.45. The lowest BCUT2D eigenvalue weighted by molar-refractivity contribution is -0.140. The molecular weight excluding hydrogens is 500 g/mol. The van der Waals surface area contributed by atoms with Gasteiger partial charge >= 0.3 is 5.97 Å². The molecule has 0 atom stereocenters. The molecule has 1 heterocycles. The number of hydrogen-bond acceptors (Lipinski definition) is 6. The molecule has 6 nitrogen and oxygen atoms in total. The summed E-state index contributed by atoms with van der Waals surface area (Å²) in [7, 11) is 0. The van der Waals surface area contributed by atoms with Crippen LogP contribution in [0.2, 0.25) is 0 Å². The van der Waals surface area contributed by atoms with Crippen LogP contribution in [0.3, 0.4) is 0 Å². The summed E-state index contributed by atoms with van der Waals surface area (Å²) in [6, 6.07) is 3.97. The van der Waals surface area contributed by atoms with Gasteiger partial charge in [-0.1, -0.05) is 69.6 Å². The minimum atomic E-state index is -2.06. The van der Waals surface area contributed by atoms with E-state index >= 15 is 0 Å². The summed E-state index contributed by atoms with van der Waals surface area (Å²) >= 11 is 34.8. The SMILES string of the molecule is CCOC(=O)CNc1ccc(-c2nc(C(Cl)(Cl)Cl)nc(C(Cl)(Cl)Cl)n2)c(F)c1. The highest BCUT2D eigenvalue weighted by Gasteiger charge is 2.34. The summed E-state index contributed by atoms with van der Waals surface area (Å²) in [4.78, 5) is 23.1. The van der Waals surface area contributed by atoms with E-state index in [-0.39, 0.29) is 36.2 Å². The van der Waals surface area contributed by atoms with E-state index in [2.05, 4.69) is 20.3 Å². The Hall–Kier alpha value is -0.830. The van der Waals surface area contributed by atoms with E-state index in [1.807, 2.05) is 0 Å². The second-order valence-electron chi connectivity index (χ2n) is 5.15. The molecule has 0 unspecified atom stereocenters. The van der Waals surface area contributed by atoms with Gasteiger partial charge in [0.05, 0.1) is 12.2 Å². The van der Waals surface area contributed by atoms with E-state index < -0.39 is 19.4 Å². The van der Waals surface area contributed by atoms with E-state index in [0.717, 1.165) is 6.07 Å². The van der Waals surface area contributed by atoms with Gasteiger partial charge in [-0.15, -0.1) is 0 Å². The number of hydrogen-bond donors (Lipinski definition) is 1. The van der Waals surface area contributed by atoms with Gasteiger partial charge in [0.25, 0.3) is 0 Å². The summed E-state index contributed by atoms with van der Waals surface area (Å²) in [5, 5.41) is 2.73. The standard InChI is InChI=1S/C15H11Cl6FN4O2/c1-2-28-10(27)6-23-7-3-4-8(9(22)5-7)11-24-12(14(16,17)18)26-13(25-11)15(19,20)21/h3-5,23H,2,6H2,1H3. The van der Waals surface area contributed by atoms with Crippen LogP contribution in [-0.2, 0) is 17.1 Å². The predicted octanol–water partition coefficient (Wildman–Crippen LogP) is 5.31. The topological polar surface area (TPSA) is 77.0 Å². The molecule has 1 aromatic heterocycles. The molecule has 0 aliphatic rings. The van der Waals surface area contributed by atoms with Crippen molar-refractivity contribution in [2.75, 3.05) is 18.5 Å². The Morgan fingerprint density at radius 3 is 2.11 bits per heavy atom. The maximum atomic E-state index is 14.6. The number of benzene rings is 1. The van der Waals surface area contributed by atoms with Crippen molar-refractivity contribution >= 4 is 81.3 Å². The number of carbonyl (C=O) groups is 1. The van der Waals surface area contributed by atoms with Crippen LogP contribution in [0.15, 0.2) is 18.2 Å². The van der Waals surface area contributed by atoms with Crippen molar-refractivity contribution in [2.24, 2.45) is 0 Å². The van der Waals surface area contributed by atoms with Gasteiger partial charge < -0.3 is 10.1 Å². The molecule has 2 rings (SSSR count). The summed E-state index contributed by atoms with van der Waals surface area (Å²) in [5.74, 6) is -2.10. The average Bonchev–Trinajstić information content (AvgIpc) is 2.58. The molecule has 13 heteroatoms. The maximum absolute atomic E-state index is 14.6. The molecule has 0 saturated carbocycles. The number of ether oxygens (including phenoxy) is 1. The molecule has 0 bridgehead atoms. The second kappa shape index (κ2) is 9.32. The molecule has 0 amide bonds. The molecule has 0 spiro atoms. The fourth-order valence-electron chi connectivity index (χ4n) is 1.94. The number of anilines is 1. The average molecular weight is 511 g/mol. The Bertz CT molecular complexity index is 840. The molecule has 152 valence electrons. The van der Waals surface area contributed by atoms with Gasteiger partial charge in [0.2, 0.25) is 7.59 Å². The second-order valence-corrected chi connectivity index (χ2v) is 9.72. The van der Waals surface area contributed by atoms with Gasteiger partial charge in [0.15, 0.2) is 17.5 Å². The Morgan fingerprint density at radius 1 is 1.07 bits per heavy atom. The van der Waals surface area contributed by atoms with Crippen LogP contribution in [0.4, 0.5) is 10.1 Å². The third-order valence-corrected chi connectivity index (χ3v) is 4.11. The van der Waals surface area contributed by atoms with Crippen molar-refractivity contribution in [1.82, 2.24) is 15.0 Å². The quantitative estimate of drug-likeness (QED) is 0.434. The highest BCUT2D eigenvalue weighted by Crippen LogP contribution is 2.41. The van der Waals surface area contributed by atoms with Crippen LogP contribution in [-0.4, -0.2) is 34.1 Å². The Kier molecular flexibility index (Phi) is 7.81. The van der Waals surface area contributed by atoms with Crippen molar-refractivity contribution in [3.8, 4) is 11.4 Å². The molecule has 0 saturated heterocycles. The van der Waals surface area contributed by atoms with Gasteiger partial charge in [-0.3, -0.25) is 4.79 Å². The van der Waals surface area contributed by atoms with Crippen molar-refractivity contribution in [3.05, 3.63) is 35.7 Å². The van der Waals surface area contributed by atoms with Crippen LogP contribution in [0.5, 0.6) is 0 Å². The van der Waals surface area contributed by atoms with Crippen molar-refractivity contribution in [1.29, 1.82) is 0 Å². The lowest BCUT2D eigenvalue weighted by atomic mass is 10.1. The van der Waals surface area contributed by atoms with Crippen LogP contribution in [0.1, 0.15) is 18.6 Å². The van der Waals surface area contributed by atoms with Gasteiger partial charge in [-0.05, 0) is 25.1 Å². The highest BCUT2D eigenvalue weighted by molar-refractivity contribution is 6.67. The van der Waals surface area contributed by atoms with E-state index in [9.17, 15) is 9.18 Å². The molecule has 2 aromatic rings. The number of carbonyl (C=O) groups excluding carboxylic acids is 1. The predicted molar refractivity (Wildman–Crippen MR) is 109 cm³/mol. The van der Waals surface area contributed by atoms with Crippen LogP contribution >= 0.6 is 69.6 Å².